The van der Waals surface area contributed by atoms with E-state index in [9.17, 15) is 4.79 Å². The normalized spacial score (nSPS) is 10.9. The second-order valence-electron chi connectivity index (χ2n) is 6.61. The van der Waals surface area contributed by atoms with Crippen molar-refractivity contribution in [3.8, 4) is 11.3 Å². The van der Waals surface area contributed by atoms with E-state index in [1.54, 1.807) is 0 Å². The Balaban J connectivity index is 1.50. The summed E-state index contributed by atoms with van der Waals surface area (Å²) in [6.07, 6.45) is 3.84. The molecule has 0 radical (unpaired) electrons. The molecule has 0 fully saturated rings. The number of aryl methyl sites for hydroxylation is 2. The van der Waals surface area contributed by atoms with Gasteiger partial charge in [-0.2, -0.15) is 0 Å². The van der Waals surface area contributed by atoms with Gasteiger partial charge in [-0.3, -0.25) is 0 Å². The van der Waals surface area contributed by atoms with Crippen LogP contribution in [0.1, 0.15) is 5.82 Å². The highest BCUT2D eigenvalue weighted by molar-refractivity contribution is 6.01. The van der Waals surface area contributed by atoms with Crippen LogP contribution in [0, 0.1) is 6.92 Å². The SMILES string of the molecule is Cc1ncc(-c2cccc(NC(=O)Nc3ccc4c(ccn4C)c3)c2)n1C. The molecule has 2 aromatic carbocycles. The van der Waals surface area contributed by atoms with Gasteiger partial charge in [0.15, 0.2) is 0 Å². The third-order valence-electron chi connectivity index (χ3n) is 4.78. The van der Waals surface area contributed by atoms with Crippen molar-refractivity contribution in [2.45, 2.75) is 6.92 Å². The molecule has 6 heteroatoms. The van der Waals surface area contributed by atoms with Gasteiger partial charge in [0, 0.05) is 48.1 Å². The van der Waals surface area contributed by atoms with Crippen LogP contribution < -0.4 is 10.6 Å². The maximum absolute atomic E-state index is 12.4. The van der Waals surface area contributed by atoms with E-state index in [1.807, 2.05) is 91.1 Å². The van der Waals surface area contributed by atoms with Crippen LogP contribution in [0.25, 0.3) is 22.2 Å². The lowest BCUT2D eigenvalue weighted by atomic mass is 10.1. The van der Waals surface area contributed by atoms with E-state index in [-0.39, 0.29) is 6.03 Å². The number of carbonyl (C=O) groups excluding carboxylic acids is 1. The van der Waals surface area contributed by atoms with E-state index in [0.717, 1.165) is 39.4 Å². The average molecular weight is 359 g/mol. The largest absolute Gasteiger partial charge is 0.351 e. The van der Waals surface area contributed by atoms with Gasteiger partial charge in [0.1, 0.15) is 5.82 Å². The second-order valence-corrected chi connectivity index (χ2v) is 6.61. The molecule has 0 bridgehead atoms. The summed E-state index contributed by atoms with van der Waals surface area (Å²) in [6.45, 7) is 1.96. The molecule has 136 valence electrons. The first-order valence-electron chi connectivity index (χ1n) is 8.73. The average Bonchev–Trinajstić information content (AvgIpc) is 3.18. The molecule has 2 N–H and O–H groups in total. The lowest BCUT2D eigenvalue weighted by molar-refractivity contribution is 0.262. The van der Waals surface area contributed by atoms with Gasteiger partial charge in [-0.15, -0.1) is 0 Å². The molecule has 4 rings (SSSR count). The van der Waals surface area contributed by atoms with Crippen molar-refractivity contribution in [3.05, 3.63) is 66.7 Å². The standard InChI is InChI=1S/C21H21N5O/c1-14-22-13-20(26(14)3)15-5-4-6-17(11-15)23-21(27)24-18-7-8-19-16(12-18)9-10-25(19)2/h4-13H,1-3H3,(H2,23,24,27). The number of carbonyl (C=O) groups is 1. The zero-order valence-corrected chi connectivity index (χ0v) is 15.5. The molecule has 0 unspecified atom stereocenters. The number of benzene rings is 2. The number of hydrogen-bond donors (Lipinski definition) is 2. The number of nitrogens with one attached hydrogen (secondary N) is 2. The Kier molecular flexibility index (Phi) is 4.16. The number of urea groups is 1. The van der Waals surface area contributed by atoms with Crippen LogP contribution in [-0.2, 0) is 14.1 Å². The van der Waals surface area contributed by atoms with Crippen LogP contribution >= 0.6 is 0 Å². The highest BCUT2D eigenvalue weighted by Crippen LogP contribution is 2.24. The predicted octanol–water partition coefficient (Wildman–Crippen LogP) is 4.53. The van der Waals surface area contributed by atoms with Gasteiger partial charge in [0.2, 0.25) is 0 Å². The summed E-state index contributed by atoms with van der Waals surface area (Å²) in [5, 5.41) is 6.87. The van der Waals surface area contributed by atoms with Crippen molar-refractivity contribution in [3.63, 3.8) is 0 Å². The van der Waals surface area contributed by atoms with E-state index in [1.165, 1.54) is 0 Å². The molecule has 2 aromatic heterocycles. The molecular weight excluding hydrogens is 338 g/mol. The Bertz CT molecular complexity index is 1140. The summed E-state index contributed by atoms with van der Waals surface area (Å²) in [4.78, 5) is 16.7. The molecular formula is C21H21N5O. The first-order chi connectivity index (χ1) is 13.0. The number of aromatic nitrogens is 3. The molecule has 4 aromatic rings. The van der Waals surface area contributed by atoms with E-state index in [2.05, 4.69) is 15.6 Å². The van der Waals surface area contributed by atoms with Gasteiger partial charge in [-0.1, -0.05) is 12.1 Å². The smallest absolute Gasteiger partial charge is 0.323 e. The highest BCUT2D eigenvalue weighted by atomic mass is 16.2. The summed E-state index contributed by atoms with van der Waals surface area (Å²) in [5.41, 5.74) is 4.61. The molecule has 0 aliphatic rings. The minimum absolute atomic E-state index is 0.274. The van der Waals surface area contributed by atoms with Crippen molar-refractivity contribution in [1.82, 2.24) is 14.1 Å². The van der Waals surface area contributed by atoms with Crippen molar-refractivity contribution < 1.29 is 4.79 Å². The predicted molar refractivity (Wildman–Crippen MR) is 109 cm³/mol. The Hall–Kier alpha value is -3.54. The minimum atomic E-state index is -0.274. The number of imidazole rings is 1. The number of fused-ring (bicyclic) bond motifs is 1. The van der Waals surface area contributed by atoms with Crippen molar-refractivity contribution in [2.75, 3.05) is 10.6 Å². The molecule has 0 saturated heterocycles. The fourth-order valence-electron chi connectivity index (χ4n) is 3.18. The van der Waals surface area contributed by atoms with Gasteiger partial charge in [-0.05, 0) is 43.3 Å². The fourth-order valence-corrected chi connectivity index (χ4v) is 3.18. The third kappa shape index (κ3) is 3.29. The van der Waals surface area contributed by atoms with Gasteiger partial charge < -0.3 is 19.8 Å². The van der Waals surface area contributed by atoms with Crippen LogP contribution in [0.4, 0.5) is 16.2 Å². The van der Waals surface area contributed by atoms with Gasteiger partial charge in [-0.25, -0.2) is 9.78 Å². The lowest BCUT2D eigenvalue weighted by Crippen LogP contribution is -2.19. The Morgan fingerprint density at radius 1 is 1.00 bits per heavy atom. The maximum Gasteiger partial charge on any atom is 0.323 e. The molecule has 2 heterocycles. The third-order valence-corrected chi connectivity index (χ3v) is 4.78. The first kappa shape index (κ1) is 16.9. The molecule has 0 atom stereocenters. The second kappa shape index (κ2) is 6.64. The van der Waals surface area contributed by atoms with Crippen LogP contribution in [0.15, 0.2) is 60.9 Å². The molecule has 0 aliphatic carbocycles. The molecule has 0 spiro atoms. The van der Waals surface area contributed by atoms with Crippen molar-refractivity contribution in [1.29, 1.82) is 0 Å². The molecule has 6 nitrogen and oxygen atoms in total. The summed E-state index contributed by atoms with van der Waals surface area (Å²) in [7, 11) is 3.98. The molecule has 27 heavy (non-hydrogen) atoms. The minimum Gasteiger partial charge on any atom is -0.351 e. The van der Waals surface area contributed by atoms with Gasteiger partial charge >= 0.3 is 6.03 Å². The lowest BCUT2D eigenvalue weighted by Gasteiger charge is -2.10. The van der Waals surface area contributed by atoms with Crippen LogP contribution in [-0.4, -0.2) is 20.1 Å². The highest BCUT2D eigenvalue weighted by Gasteiger charge is 2.08. The van der Waals surface area contributed by atoms with Gasteiger partial charge in [0.25, 0.3) is 0 Å². The van der Waals surface area contributed by atoms with Crippen LogP contribution in [0.5, 0.6) is 0 Å². The van der Waals surface area contributed by atoms with Crippen LogP contribution in [0.2, 0.25) is 0 Å². The Labute approximate surface area is 157 Å². The number of nitrogens with zero attached hydrogens (tertiary/aromatic N) is 3. The topological polar surface area (TPSA) is 63.9 Å². The molecule has 0 aliphatic heterocycles. The molecule has 2 amide bonds. The van der Waals surface area contributed by atoms with Crippen LogP contribution in [0.3, 0.4) is 0 Å². The number of amides is 2. The number of rotatable bonds is 3. The van der Waals surface area contributed by atoms with Crippen molar-refractivity contribution >= 4 is 28.3 Å². The zero-order chi connectivity index (χ0) is 19.0. The monoisotopic (exact) mass is 359 g/mol. The van der Waals surface area contributed by atoms with Gasteiger partial charge in [0.05, 0.1) is 11.9 Å². The summed E-state index contributed by atoms with van der Waals surface area (Å²) in [5.74, 6) is 0.942. The van der Waals surface area contributed by atoms with E-state index < -0.39 is 0 Å². The van der Waals surface area contributed by atoms with Crippen molar-refractivity contribution in [2.24, 2.45) is 14.1 Å². The summed E-state index contributed by atoms with van der Waals surface area (Å²) in [6, 6.07) is 15.3. The fraction of sp³-hybridized carbons (Fsp3) is 0.143. The maximum atomic E-state index is 12.4. The van der Waals surface area contributed by atoms with E-state index in [0.29, 0.717) is 0 Å². The Morgan fingerprint density at radius 3 is 2.52 bits per heavy atom. The molecule has 0 saturated carbocycles. The van der Waals surface area contributed by atoms with E-state index >= 15 is 0 Å². The quantitative estimate of drug-likeness (QED) is 0.564. The summed E-state index contributed by atoms with van der Waals surface area (Å²) < 4.78 is 4.07. The first-order valence-corrected chi connectivity index (χ1v) is 8.73. The zero-order valence-electron chi connectivity index (χ0n) is 15.5. The number of anilines is 2. The van der Waals surface area contributed by atoms with E-state index in [4.69, 9.17) is 0 Å². The number of hydrogen-bond acceptors (Lipinski definition) is 2. The summed E-state index contributed by atoms with van der Waals surface area (Å²) >= 11 is 0. The Morgan fingerprint density at radius 2 is 1.78 bits per heavy atom.